The SMILES string of the molecule is Cl.O=C(CC1CSCCN1)N[C@@H]1CCCC[C@H]1O. The van der Waals surface area contributed by atoms with Crippen LogP contribution in [-0.4, -0.2) is 47.3 Å². The summed E-state index contributed by atoms with van der Waals surface area (Å²) in [4.78, 5) is 11.9. The normalized spacial score (nSPS) is 32.4. The molecular formula is C12H23ClN2O2S. The van der Waals surface area contributed by atoms with Crippen LogP contribution in [0.25, 0.3) is 0 Å². The quantitative estimate of drug-likeness (QED) is 0.724. The van der Waals surface area contributed by atoms with Gasteiger partial charge in [0.05, 0.1) is 12.1 Å². The molecule has 1 aliphatic heterocycles. The Hall–Kier alpha value is 0.0300. The van der Waals surface area contributed by atoms with Crippen molar-refractivity contribution in [3.05, 3.63) is 0 Å². The van der Waals surface area contributed by atoms with Gasteiger partial charge >= 0.3 is 0 Å². The molecule has 3 atom stereocenters. The summed E-state index contributed by atoms with van der Waals surface area (Å²) in [5, 5.41) is 16.1. The zero-order valence-electron chi connectivity index (χ0n) is 10.6. The molecular weight excluding hydrogens is 272 g/mol. The fraction of sp³-hybridized carbons (Fsp3) is 0.917. The molecule has 0 radical (unpaired) electrons. The predicted molar refractivity (Wildman–Crippen MR) is 77.4 cm³/mol. The van der Waals surface area contributed by atoms with Gasteiger partial charge < -0.3 is 15.7 Å². The minimum absolute atomic E-state index is 0. The van der Waals surface area contributed by atoms with Crippen LogP contribution in [0.4, 0.5) is 0 Å². The van der Waals surface area contributed by atoms with E-state index < -0.39 is 0 Å². The fourth-order valence-corrected chi connectivity index (χ4v) is 3.47. The highest BCUT2D eigenvalue weighted by Gasteiger charge is 2.25. The lowest BCUT2D eigenvalue weighted by Gasteiger charge is -2.29. The van der Waals surface area contributed by atoms with E-state index in [1.807, 2.05) is 11.8 Å². The second-order valence-electron chi connectivity index (χ2n) is 4.96. The molecule has 1 saturated heterocycles. The van der Waals surface area contributed by atoms with E-state index >= 15 is 0 Å². The summed E-state index contributed by atoms with van der Waals surface area (Å²) in [6.45, 7) is 0.995. The molecule has 1 unspecified atom stereocenters. The topological polar surface area (TPSA) is 61.4 Å². The van der Waals surface area contributed by atoms with E-state index in [-0.39, 0.29) is 30.5 Å². The lowest BCUT2D eigenvalue weighted by Crippen LogP contribution is -2.48. The summed E-state index contributed by atoms with van der Waals surface area (Å²) in [7, 11) is 0. The van der Waals surface area contributed by atoms with Crippen LogP contribution < -0.4 is 10.6 Å². The number of carbonyl (C=O) groups excluding carboxylic acids is 1. The maximum atomic E-state index is 11.9. The Balaban J connectivity index is 0.00000162. The van der Waals surface area contributed by atoms with Gasteiger partial charge in [-0.25, -0.2) is 0 Å². The van der Waals surface area contributed by atoms with Gasteiger partial charge in [-0.3, -0.25) is 4.79 Å². The van der Waals surface area contributed by atoms with E-state index in [2.05, 4.69) is 10.6 Å². The Bertz CT molecular complexity index is 262. The molecule has 2 aliphatic rings. The first-order valence-electron chi connectivity index (χ1n) is 6.54. The minimum Gasteiger partial charge on any atom is -0.391 e. The van der Waals surface area contributed by atoms with Gasteiger partial charge in [0.1, 0.15) is 0 Å². The molecule has 0 bridgehead atoms. The Morgan fingerprint density at radius 3 is 2.83 bits per heavy atom. The van der Waals surface area contributed by atoms with Crippen molar-refractivity contribution in [3.63, 3.8) is 0 Å². The highest BCUT2D eigenvalue weighted by molar-refractivity contribution is 7.99. The van der Waals surface area contributed by atoms with Crippen molar-refractivity contribution < 1.29 is 9.90 Å². The van der Waals surface area contributed by atoms with Crippen LogP contribution in [0.1, 0.15) is 32.1 Å². The van der Waals surface area contributed by atoms with E-state index in [1.165, 1.54) is 0 Å². The summed E-state index contributed by atoms with van der Waals surface area (Å²) in [5.41, 5.74) is 0. The molecule has 3 N–H and O–H groups in total. The molecule has 106 valence electrons. The Morgan fingerprint density at radius 2 is 2.17 bits per heavy atom. The summed E-state index contributed by atoms with van der Waals surface area (Å²) in [5.74, 6) is 2.23. The molecule has 1 amide bonds. The lowest BCUT2D eigenvalue weighted by molar-refractivity contribution is -0.123. The highest BCUT2D eigenvalue weighted by Crippen LogP contribution is 2.18. The zero-order valence-corrected chi connectivity index (χ0v) is 12.2. The summed E-state index contributed by atoms with van der Waals surface area (Å²) in [6, 6.07) is 0.280. The van der Waals surface area contributed by atoms with Gasteiger partial charge in [-0.05, 0) is 12.8 Å². The predicted octanol–water partition coefficient (Wildman–Crippen LogP) is 0.923. The molecule has 18 heavy (non-hydrogen) atoms. The highest BCUT2D eigenvalue weighted by atomic mass is 35.5. The number of aliphatic hydroxyl groups is 1. The molecule has 0 aromatic heterocycles. The summed E-state index contributed by atoms with van der Waals surface area (Å²) >= 11 is 1.90. The number of hydrogen-bond acceptors (Lipinski definition) is 4. The molecule has 2 fully saturated rings. The number of amides is 1. The van der Waals surface area contributed by atoms with Gasteiger partial charge in [0, 0.05) is 30.5 Å². The maximum absolute atomic E-state index is 11.9. The molecule has 2 rings (SSSR count). The van der Waals surface area contributed by atoms with E-state index in [4.69, 9.17) is 0 Å². The first kappa shape index (κ1) is 16.1. The van der Waals surface area contributed by atoms with E-state index in [9.17, 15) is 9.90 Å². The number of carbonyl (C=O) groups is 1. The monoisotopic (exact) mass is 294 g/mol. The first-order valence-corrected chi connectivity index (χ1v) is 7.70. The fourth-order valence-electron chi connectivity index (χ4n) is 2.52. The van der Waals surface area contributed by atoms with Crippen molar-refractivity contribution in [2.24, 2.45) is 0 Å². The molecule has 4 nitrogen and oxygen atoms in total. The average molecular weight is 295 g/mol. The van der Waals surface area contributed by atoms with Crippen LogP contribution in [-0.2, 0) is 4.79 Å². The van der Waals surface area contributed by atoms with Crippen molar-refractivity contribution in [2.75, 3.05) is 18.1 Å². The molecule has 6 heteroatoms. The summed E-state index contributed by atoms with van der Waals surface area (Å²) in [6.07, 6.45) is 4.12. The van der Waals surface area contributed by atoms with E-state index in [1.54, 1.807) is 0 Å². The number of aliphatic hydroxyl groups excluding tert-OH is 1. The second kappa shape index (κ2) is 8.25. The third-order valence-corrected chi connectivity index (χ3v) is 4.64. The molecule has 1 heterocycles. The van der Waals surface area contributed by atoms with E-state index in [0.717, 1.165) is 43.7 Å². The smallest absolute Gasteiger partial charge is 0.221 e. The Morgan fingerprint density at radius 1 is 1.39 bits per heavy atom. The maximum Gasteiger partial charge on any atom is 0.221 e. The van der Waals surface area contributed by atoms with Crippen LogP contribution >= 0.6 is 24.2 Å². The number of halogens is 1. The third-order valence-electron chi connectivity index (χ3n) is 3.51. The van der Waals surface area contributed by atoms with Crippen molar-refractivity contribution >= 4 is 30.1 Å². The van der Waals surface area contributed by atoms with Crippen LogP contribution in [0.2, 0.25) is 0 Å². The van der Waals surface area contributed by atoms with Gasteiger partial charge in [-0.15, -0.1) is 12.4 Å². The average Bonchev–Trinajstić information content (AvgIpc) is 2.33. The van der Waals surface area contributed by atoms with Crippen molar-refractivity contribution in [1.29, 1.82) is 0 Å². The molecule has 0 aromatic carbocycles. The molecule has 0 spiro atoms. The minimum atomic E-state index is -0.346. The van der Waals surface area contributed by atoms with Gasteiger partial charge in [-0.2, -0.15) is 11.8 Å². The largest absolute Gasteiger partial charge is 0.391 e. The number of rotatable bonds is 3. The molecule has 0 aromatic rings. The van der Waals surface area contributed by atoms with Gasteiger partial charge in [-0.1, -0.05) is 12.8 Å². The van der Waals surface area contributed by atoms with Crippen LogP contribution in [0.15, 0.2) is 0 Å². The third kappa shape index (κ3) is 4.96. The number of nitrogens with one attached hydrogen (secondary N) is 2. The Kier molecular flexibility index (Phi) is 7.37. The second-order valence-corrected chi connectivity index (χ2v) is 6.11. The van der Waals surface area contributed by atoms with Gasteiger partial charge in [0.25, 0.3) is 0 Å². The molecule has 1 aliphatic carbocycles. The van der Waals surface area contributed by atoms with Crippen molar-refractivity contribution in [3.8, 4) is 0 Å². The Labute approximate surface area is 119 Å². The summed E-state index contributed by atoms with van der Waals surface area (Å²) < 4.78 is 0. The molecule has 1 saturated carbocycles. The number of hydrogen-bond donors (Lipinski definition) is 3. The van der Waals surface area contributed by atoms with Crippen LogP contribution in [0.3, 0.4) is 0 Å². The van der Waals surface area contributed by atoms with Crippen molar-refractivity contribution in [1.82, 2.24) is 10.6 Å². The van der Waals surface area contributed by atoms with E-state index in [0.29, 0.717) is 12.5 Å². The first-order chi connectivity index (χ1) is 8.25. The zero-order chi connectivity index (χ0) is 12.1. The van der Waals surface area contributed by atoms with Crippen LogP contribution in [0.5, 0.6) is 0 Å². The lowest BCUT2D eigenvalue weighted by atomic mass is 9.92. The number of thioether (sulfide) groups is 1. The van der Waals surface area contributed by atoms with Gasteiger partial charge in [0.15, 0.2) is 0 Å². The standard InChI is InChI=1S/C12H22N2O2S.ClH/c15-11-4-2-1-3-10(11)14-12(16)7-9-8-17-6-5-13-9;/h9-11,13,15H,1-8H2,(H,14,16);1H/t9?,10-,11-;/m1./s1. The van der Waals surface area contributed by atoms with Crippen LogP contribution in [0, 0.1) is 0 Å². The van der Waals surface area contributed by atoms with Gasteiger partial charge in [0.2, 0.25) is 5.91 Å². The van der Waals surface area contributed by atoms with Crippen molar-refractivity contribution in [2.45, 2.75) is 50.3 Å².